The van der Waals surface area contributed by atoms with E-state index in [-0.39, 0.29) is 24.2 Å². The van der Waals surface area contributed by atoms with Crippen molar-refractivity contribution in [1.82, 2.24) is 4.57 Å². The van der Waals surface area contributed by atoms with Crippen molar-refractivity contribution < 1.29 is 20.1 Å². The number of hydrogen-bond acceptors (Lipinski definition) is 3. The highest BCUT2D eigenvalue weighted by atomic mass is 16.4. The first kappa shape index (κ1) is 17.5. The van der Waals surface area contributed by atoms with Crippen molar-refractivity contribution in [2.45, 2.75) is 45.6 Å². The highest BCUT2D eigenvalue weighted by molar-refractivity contribution is 6.04. The van der Waals surface area contributed by atoms with Crippen LogP contribution in [0.2, 0.25) is 0 Å². The van der Waals surface area contributed by atoms with E-state index in [1.807, 2.05) is 12.3 Å². The van der Waals surface area contributed by atoms with E-state index in [4.69, 9.17) is 5.11 Å². The summed E-state index contributed by atoms with van der Waals surface area (Å²) in [5, 5.41) is 28.9. The molecule has 2 aromatic rings. The van der Waals surface area contributed by atoms with Gasteiger partial charge in [-0.1, -0.05) is 20.8 Å². The molecule has 0 saturated heterocycles. The molecule has 2 rings (SSSR count). The van der Waals surface area contributed by atoms with E-state index in [1.54, 1.807) is 10.6 Å². The predicted molar refractivity (Wildman–Crippen MR) is 90.1 cm³/mol. The molecular weight excluding hydrogens is 294 g/mol. The Kier molecular flexibility index (Phi) is 5.12. The third-order valence-electron chi connectivity index (χ3n) is 4.10. The average molecular weight is 319 g/mol. The maximum atomic E-state index is 11.8. The van der Waals surface area contributed by atoms with Gasteiger partial charge in [-0.25, -0.2) is 4.79 Å². The monoisotopic (exact) mass is 319 g/mol. The number of hydrogen-bond donors (Lipinski definition) is 3. The summed E-state index contributed by atoms with van der Waals surface area (Å²) in [6, 6.07) is 3.77. The molecule has 0 spiro atoms. The van der Waals surface area contributed by atoms with Crippen molar-refractivity contribution in [3.05, 3.63) is 35.0 Å². The second kappa shape index (κ2) is 6.72. The SMILES string of the molecule is CC(C)(C)c1cc(C(=O)O)c2c(c1)c(CCCO)cn2CCO. The smallest absolute Gasteiger partial charge is 0.337 e. The number of aromatic carboxylic acids is 1. The lowest BCUT2D eigenvalue weighted by Crippen LogP contribution is -2.13. The Bertz CT molecular complexity index is 710. The van der Waals surface area contributed by atoms with Crippen LogP contribution in [0.15, 0.2) is 18.3 Å². The van der Waals surface area contributed by atoms with Crippen molar-refractivity contribution in [3.63, 3.8) is 0 Å². The molecular formula is C18H25NO4. The van der Waals surface area contributed by atoms with Gasteiger partial charge in [-0.2, -0.15) is 0 Å². The summed E-state index contributed by atoms with van der Waals surface area (Å²) in [6.45, 7) is 6.55. The van der Waals surface area contributed by atoms with Crippen LogP contribution in [0, 0.1) is 0 Å². The molecule has 0 aliphatic heterocycles. The molecule has 0 radical (unpaired) electrons. The van der Waals surface area contributed by atoms with Gasteiger partial charge in [-0.05, 0) is 41.5 Å². The van der Waals surface area contributed by atoms with E-state index >= 15 is 0 Å². The maximum Gasteiger partial charge on any atom is 0.337 e. The number of aliphatic hydroxyl groups is 2. The van der Waals surface area contributed by atoms with Gasteiger partial charge in [0.25, 0.3) is 0 Å². The van der Waals surface area contributed by atoms with E-state index in [0.29, 0.717) is 24.9 Å². The zero-order valence-electron chi connectivity index (χ0n) is 14.0. The minimum absolute atomic E-state index is 0.0523. The molecule has 1 heterocycles. The van der Waals surface area contributed by atoms with Gasteiger partial charge in [0.05, 0.1) is 17.7 Å². The normalized spacial score (nSPS) is 12.0. The number of carboxylic acids is 1. The number of carbonyl (C=O) groups is 1. The minimum Gasteiger partial charge on any atom is -0.478 e. The average Bonchev–Trinajstić information content (AvgIpc) is 2.81. The first-order chi connectivity index (χ1) is 10.8. The molecule has 0 saturated carbocycles. The third-order valence-corrected chi connectivity index (χ3v) is 4.10. The molecule has 0 aliphatic carbocycles. The molecule has 1 aromatic carbocycles. The molecule has 5 nitrogen and oxygen atoms in total. The van der Waals surface area contributed by atoms with Gasteiger partial charge < -0.3 is 19.9 Å². The van der Waals surface area contributed by atoms with E-state index in [0.717, 1.165) is 16.5 Å². The summed E-state index contributed by atoms with van der Waals surface area (Å²) < 4.78 is 1.80. The third kappa shape index (κ3) is 3.57. The highest BCUT2D eigenvalue weighted by Gasteiger charge is 2.22. The number of aryl methyl sites for hydroxylation is 1. The predicted octanol–water partition coefficient (Wildman–Crippen LogP) is 2.55. The van der Waals surface area contributed by atoms with Crippen molar-refractivity contribution >= 4 is 16.9 Å². The molecule has 0 bridgehead atoms. The molecule has 126 valence electrons. The van der Waals surface area contributed by atoms with Crippen LogP contribution in [0.4, 0.5) is 0 Å². The van der Waals surface area contributed by atoms with E-state index < -0.39 is 5.97 Å². The molecule has 0 aliphatic rings. The van der Waals surface area contributed by atoms with E-state index in [2.05, 4.69) is 20.8 Å². The number of benzene rings is 1. The summed E-state index contributed by atoms with van der Waals surface area (Å²) >= 11 is 0. The second-order valence-corrected chi connectivity index (χ2v) is 6.87. The molecule has 0 fully saturated rings. The fraction of sp³-hybridized carbons (Fsp3) is 0.500. The molecule has 5 heteroatoms. The second-order valence-electron chi connectivity index (χ2n) is 6.87. The highest BCUT2D eigenvalue weighted by Crippen LogP contribution is 2.32. The Hall–Kier alpha value is -1.85. The molecule has 0 amide bonds. The van der Waals surface area contributed by atoms with E-state index in [1.165, 1.54) is 0 Å². The topological polar surface area (TPSA) is 82.7 Å². The van der Waals surface area contributed by atoms with Gasteiger partial charge in [0.15, 0.2) is 0 Å². The summed E-state index contributed by atoms with van der Waals surface area (Å²) in [5.74, 6) is -0.966. The minimum atomic E-state index is -0.966. The van der Waals surface area contributed by atoms with Crippen molar-refractivity contribution in [2.24, 2.45) is 0 Å². The number of fused-ring (bicyclic) bond motifs is 1. The van der Waals surface area contributed by atoms with E-state index in [9.17, 15) is 15.0 Å². The fourth-order valence-corrected chi connectivity index (χ4v) is 2.86. The van der Waals surface area contributed by atoms with Gasteiger partial charge in [-0.3, -0.25) is 0 Å². The molecule has 1 aromatic heterocycles. The number of nitrogens with zero attached hydrogens (tertiary/aromatic N) is 1. The van der Waals surface area contributed by atoms with Crippen LogP contribution in [0.3, 0.4) is 0 Å². The summed E-state index contributed by atoms with van der Waals surface area (Å²) in [5.41, 5.74) is 2.72. The Morgan fingerprint density at radius 1 is 1.17 bits per heavy atom. The van der Waals surface area contributed by atoms with Crippen LogP contribution in [-0.2, 0) is 18.4 Å². The van der Waals surface area contributed by atoms with Crippen LogP contribution in [-0.4, -0.2) is 39.1 Å². The quantitative estimate of drug-likeness (QED) is 0.764. The van der Waals surface area contributed by atoms with Crippen LogP contribution < -0.4 is 0 Å². The summed E-state index contributed by atoms with van der Waals surface area (Å²) in [7, 11) is 0. The summed E-state index contributed by atoms with van der Waals surface area (Å²) in [6.07, 6.45) is 3.20. The lowest BCUT2D eigenvalue weighted by atomic mass is 9.84. The molecule has 3 N–H and O–H groups in total. The number of aromatic nitrogens is 1. The van der Waals surface area contributed by atoms with Crippen LogP contribution in [0.25, 0.3) is 10.9 Å². The largest absolute Gasteiger partial charge is 0.478 e. The lowest BCUT2D eigenvalue weighted by molar-refractivity contribution is 0.0698. The van der Waals surface area contributed by atoms with Gasteiger partial charge >= 0.3 is 5.97 Å². The Morgan fingerprint density at radius 2 is 1.87 bits per heavy atom. The van der Waals surface area contributed by atoms with Crippen molar-refractivity contribution in [3.8, 4) is 0 Å². The van der Waals surface area contributed by atoms with Crippen molar-refractivity contribution in [2.75, 3.05) is 13.2 Å². The molecule has 0 atom stereocenters. The Balaban J connectivity index is 2.77. The number of rotatable bonds is 6. The van der Waals surface area contributed by atoms with Crippen molar-refractivity contribution in [1.29, 1.82) is 0 Å². The van der Waals surface area contributed by atoms with Gasteiger partial charge in [-0.15, -0.1) is 0 Å². The number of aliphatic hydroxyl groups excluding tert-OH is 2. The van der Waals surface area contributed by atoms with Crippen LogP contribution in [0.1, 0.15) is 48.7 Å². The first-order valence-corrected chi connectivity index (χ1v) is 7.91. The Labute approximate surface area is 136 Å². The van der Waals surface area contributed by atoms with Crippen LogP contribution in [0.5, 0.6) is 0 Å². The zero-order chi connectivity index (χ0) is 17.2. The number of carboxylic acid groups (broad SMARTS) is 1. The maximum absolute atomic E-state index is 11.8. The fourth-order valence-electron chi connectivity index (χ4n) is 2.86. The van der Waals surface area contributed by atoms with Gasteiger partial charge in [0.1, 0.15) is 0 Å². The summed E-state index contributed by atoms with van der Waals surface area (Å²) in [4.78, 5) is 11.8. The standard InChI is InChI=1S/C18H25NO4/c1-18(2,3)13-9-14-12(5-4-7-20)11-19(6-8-21)16(14)15(10-13)17(22)23/h9-11,20-21H,4-8H2,1-3H3,(H,22,23). The van der Waals surface area contributed by atoms with Crippen LogP contribution >= 0.6 is 0 Å². The molecule has 23 heavy (non-hydrogen) atoms. The van der Waals surface area contributed by atoms with Gasteiger partial charge in [0.2, 0.25) is 0 Å². The first-order valence-electron chi connectivity index (χ1n) is 7.91. The Morgan fingerprint density at radius 3 is 2.39 bits per heavy atom. The zero-order valence-corrected chi connectivity index (χ0v) is 14.0. The lowest BCUT2D eigenvalue weighted by Gasteiger charge is -2.20. The molecule has 0 unspecified atom stereocenters. The van der Waals surface area contributed by atoms with Gasteiger partial charge in [0, 0.05) is 24.7 Å².